The zero-order valence-electron chi connectivity index (χ0n) is 34.9. The molecule has 0 bridgehead atoms. The minimum absolute atomic E-state index is 0.00694. The number of rotatable bonds is 12. The number of ether oxygens (including phenoxy) is 7. The summed E-state index contributed by atoms with van der Waals surface area (Å²) in [5.41, 5.74) is 0.722. The number of methoxy groups -OCH3 is 3. The topological polar surface area (TPSA) is 206 Å². The van der Waals surface area contributed by atoms with Crippen molar-refractivity contribution in [3.63, 3.8) is 0 Å². The normalized spacial score (nSPS) is 16.4. The summed E-state index contributed by atoms with van der Waals surface area (Å²) in [5, 5.41) is 2.38. The number of likely N-dealkylation sites (N-methyl/N-ethyl adjacent to an activating group) is 2. The highest BCUT2D eigenvalue weighted by Gasteiger charge is 2.25. The van der Waals surface area contributed by atoms with Gasteiger partial charge >= 0.3 is 6.09 Å². The van der Waals surface area contributed by atoms with Gasteiger partial charge in [0.15, 0.2) is 5.78 Å². The summed E-state index contributed by atoms with van der Waals surface area (Å²) in [6, 6.07) is 0. The molecule has 1 unspecified atom stereocenters. The lowest BCUT2D eigenvalue weighted by atomic mass is 9.72. The molecule has 0 aromatic rings. The standard InChI is InChI=1S/C7H13NO3.C6H11NO3.C6H12O2.C6H12.C5H11NO4S.C5H11NO2/c1-10-6-7(9)8-2-4-11-5-3-8;1-7-6(8)10-5-2-3-9-4-5;1-3-6(7)5-8-4-2;1-6(2)4-3-5-6;1-6(11(3,8)9)5(7)4-10-2;1-6(2)5(7)4-8-3/h2-6H2,1H3;5H,2-4H2,1H3,(H,7,8);3-5H2,1-2H3;3-5H2,1-2H3;4H2,1-3H3;4H2,1-3H3. The Morgan fingerprint density at radius 3 is 1.69 bits per heavy atom. The highest BCUT2D eigenvalue weighted by Crippen LogP contribution is 2.38. The van der Waals surface area contributed by atoms with Crippen molar-refractivity contribution in [3.05, 3.63) is 0 Å². The average Bonchev–Trinajstić information content (AvgIpc) is 3.64. The van der Waals surface area contributed by atoms with Gasteiger partial charge in [0.25, 0.3) is 5.91 Å². The van der Waals surface area contributed by atoms with Gasteiger partial charge in [-0.15, -0.1) is 0 Å². The van der Waals surface area contributed by atoms with E-state index in [9.17, 15) is 32.4 Å². The van der Waals surface area contributed by atoms with E-state index in [1.165, 1.54) is 59.6 Å². The molecule has 0 aromatic heterocycles. The van der Waals surface area contributed by atoms with Gasteiger partial charge in [-0.25, -0.2) is 17.5 Å². The molecule has 0 spiro atoms. The van der Waals surface area contributed by atoms with E-state index in [2.05, 4.69) is 28.6 Å². The molecule has 0 radical (unpaired) electrons. The minimum atomic E-state index is -3.42. The number of morpholine rings is 1. The largest absolute Gasteiger partial charge is 0.444 e. The van der Waals surface area contributed by atoms with Crippen molar-refractivity contribution in [2.45, 2.75) is 65.9 Å². The molecule has 2 heterocycles. The Balaban J connectivity index is -0.000000584. The first-order chi connectivity index (χ1) is 25.3. The SMILES string of the molecule is CC1(C)CCC1.CCOCC(=O)CC.CNC(=O)OC1CCOC1.COCC(=O)N(C)C.COCC(=O)N(C)S(C)(=O)=O.COCC(=O)N1CCOCC1. The third-order valence-electron chi connectivity index (χ3n) is 7.45. The molecular weight excluding hydrogens is 732 g/mol. The van der Waals surface area contributed by atoms with Crippen molar-refractivity contribution in [2.24, 2.45) is 5.41 Å². The van der Waals surface area contributed by atoms with Gasteiger partial charge in [-0.1, -0.05) is 27.2 Å². The molecule has 2 saturated heterocycles. The fourth-order valence-electron chi connectivity index (χ4n) is 3.70. The van der Waals surface area contributed by atoms with Crippen molar-refractivity contribution in [1.29, 1.82) is 0 Å². The van der Waals surface area contributed by atoms with Gasteiger partial charge in [0.2, 0.25) is 21.8 Å². The van der Waals surface area contributed by atoms with Crippen LogP contribution in [-0.4, -0.2) is 187 Å². The lowest BCUT2D eigenvalue weighted by Gasteiger charge is -2.33. The quantitative estimate of drug-likeness (QED) is 0.298. The Morgan fingerprint density at radius 1 is 0.833 bits per heavy atom. The second-order valence-corrected chi connectivity index (χ2v) is 14.9. The second kappa shape index (κ2) is 33.4. The van der Waals surface area contributed by atoms with Gasteiger partial charge in [-0.3, -0.25) is 19.2 Å². The summed E-state index contributed by atoms with van der Waals surface area (Å²) in [6.45, 7) is 13.3. The first-order valence-corrected chi connectivity index (χ1v) is 19.7. The van der Waals surface area contributed by atoms with Crippen LogP contribution in [-0.2, 0) is 62.4 Å². The predicted octanol–water partition coefficient (Wildman–Crippen LogP) is 1.59. The molecule has 18 nitrogen and oxygen atoms in total. The van der Waals surface area contributed by atoms with E-state index in [4.69, 9.17) is 23.7 Å². The number of sulfonamides is 1. The van der Waals surface area contributed by atoms with Crippen LogP contribution in [0.2, 0.25) is 0 Å². The van der Waals surface area contributed by atoms with Gasteiger partial charge < -0.3 is 48.3 Å². The summed E-state index contributed by atoms with van der Waals surface area (Å²) >= 11 is 0. The number of nitrogens with zero attached hydrogens (tertiary/aromatic N) is 3. The molecule has 1 N–H and O–H groups in total. The van der Waals surface area contributed by atoms with Crippen LogP contribution in [0, 0.1) is 5.41 Å². The van der Waals surface area contributed by atoms with E-state index >= 15 is 0 Å². The van der Waals surface area contributed by atoms with Crippen LogP contribution in [0.25, 0.3) is 0 Å². The molecule has 4 amide bonds. The maximum absolute atomic E-state index is 11.1. The third-order valence-corrected chi connectivity index (χ3v) is 8.65. The zero-order valence-corrected chi connectivity index (χ0v) is 35.7. The maximum Gasteiger partial charge on any atom is 0.407 e. The summed E-state index contributed by atoms with van der Waals surface area (Å²) < 4.78 is 55.6. The van der Waals surface area contributed by atoms with Crippen LogP contribution >= 0.6 is 0 Å². The predicted molar refractivity (Wildman–Crippen MR) is 204 cm³/mol. The monoisotopic (exact) mass is 802 g/mol. The van der Waals surface area contributed by atoms with Crippen molar-refractivity contribution in [1.82, 2.24) is 19.4 Å². The Labute approximate surface area is 323 Å². The smallest absolute Gasteiger partial charge is 0.407 e. The lowest BCUT2D eigenvalue weighted by Crippen LogP contribution is -2.42. The van der Waals surface area contributed by atoms with E-state index < -0.39 is 15.9 Å². The Morgan fingerprint density at radius 2 is 1.35 bits per heavy atom. The molecule has 3 aliphatic rings. The van der Waals surface area contributed by atoms with Crippen molar-refractivity contribution in [3.8, 4) is 0 Å². The molecule has 0 aromatic carbocycles. The first-order valence-electron chi connectivity index (χ1n) is 17.8. The zero-order chi connectivity index (χ0) is 42.2. The first kappa shape index (κ1) is 55.4. The van der Waals surface area contributed by atoms with Crippen LogP contribution in [0.4, 0.5) is 4.79 Å². The number of nitrogens with one attached hydrogen (secondary N) is 1. The van der Waals surface area contributed by atoms with E-state index in [1.54, 1.807) is 19.0 Å². The number of Topliss-reactive ketones (excluding diaryl/α,β-unsaturated/α-hetero) is 1. The van der Waals surface area contributed by atoms with Gasteiger partial charge in [-0.2, -0.15) is 0 Å². The number of carbonyl (C=O) groups is 5. The fraction of sp³-hybridized carbons (Fsp3) is 0.857. The van der Waals surface area contributed by atoms with Crippen LogP contribution in [0.1, 0.15) is 59.8 Å². The highest BCUT2D eigenvalue weighted by molar-refractivity contribution is 7.88. The molecule has 54 heavy (non-hydrogen) atoms. The summed E-state index contributed by atoms with van der Waals surface area (Å²) in [4.78, 5) is 56.8. The number of ketones is 1. The summed E-state index contributed by atoms with van der Waals surface area (Å²) in [7, 11) is 7.06. The molecular formula is C35H70N4O14S. The molecule has 2 aliphatic heterocycles. The van der Waals surface area contributed by atoms with Crippen LogP contribution < -0.4 is 5.32 Å². The van der Waals surface area contributed by atoms with Crippen molar-refractivity contribution >= 4 is 39.6 Å². The third kappa shape index (κ3) is 32.5. The van der Waals surface area contributed by atoms with Crippen LogP contribution in [0.15, 0.2) is 0 Å². The van der Waals surface area contributed by atoms with E-state index in [0.29, 0.717) is 56.8 Å². The van der Waals surface area contributed by atoms with Crippen molar-refractivity contribution in [2.75, 3.05) is 128 Å². The molecule has 19 heteroatoms. The van der Waals surface area contributed by atoms with Crippen LogP contribution in [0.5, 0.6) is 0 Å². The van der Waals surface area contributed by atoms with E-state index in [0.717, 1.165) is 18.1 Å². The minimum Gasteiger partial charge on any atom is -0.444 e. The lowest BCUT2D eigenvalue weighted by molar-refractivity contribution is -0.139. The number of hydrogen-bond donors (Lipinski definition) is 1. The maximum atomic E-state index is 11.1. The molecule has 3 fully saturated rings. The van der Waals surface area contributed by atoms with Gasteiger partial charge in [0.05, 0.1) is 32.7 Å². The van der Waals surface area contributed by atoms with E-state index in [1.807, 2.05) is 13.8 Å². The van der Waals surface area contributed by atoms with Gasteiger partial charge in [0, 0.05) is 82.1 Å². The molecule has 3 rings (SSSR count). The Bertz CT molecular complexity index is 1120. The fourth-order valence-corrected chi connectivity index (χ4v) is 4.12. The van der Waals surface area contributed by atoms with Gasteiger partial charge in [-0.05, 0) is 25.2 Å². The Hall–Kier alpha value is -2.94. The molecule has 1 saturated carbocycles. The summed E-state index contributed by atoms with van der Waals surface area (Å²) in [5.74, 6) is -0.356. The van der Waals surface area contributed by atoms with Crippen molar-refractivity contribution < 1.29 is 65.5 Å². The summed E-state index contributed by atoms with van der Waals surface area (Å²) in [6.07, 6.45) is 6.30. The number of alkyl carbamates (subject to hydrolysis) is 1. The Kier molecular flexibility index (Phi) is 34.3. The number of carbonyl (C=O) groups excluding carboxylic acids is 5. The van der Waals surface area contributed by atoms with Gasteiger partial charge in [0.1, 0.15) is 32.5 Å². The van der Waals surface area contributed by atoms with Crippen LogP contribution in [0.3, 0.4) is 0 Å². The molecule has 1 aliphatic carbocycles. The number of amides is 4. The molecule has 1 atom stereocenters. The highest BCUT2D eigenvalue weighted by atomic mass is 32.2. The second-order valence-electron chi connectivity index (χ2n) is 12.9. The van der Waals surface area contributed by atoms with E-state index in [-0.39, 0.29) is 56.2 Å². The average molecular weight is 803 g/mol. The molecule has 320 valence electrons. The number of hydrogen-bond acceptors (Lipinski definition) is 14.